The number of amides is 1. The molecule has 0 unspecified atom stereocenters. The first-order valence-corrected chi connectivity index (χ1v) is 10.4. The summed E-state index contributed by atoms with van der Waals surface area (Å²) in [5.74, 6) is -1.91. The molecule has 0 bridgehead atoms. The fraction of sp³-hybridized carbons (Fsp3) is 0.316. The number of hydrogen-bond acceptors (Lipinski definition) is 4. The molecule has 0 spiro atoms. The number of rotatable bonds is 8. The zero-order chi connectivity index (χ0) is 20.9. The summed E-state index contributed by atoms with van der Waals surface area (Å²) < 4.78 is 57.2. The van der Waals surface area contributed by atoms with E-state index in [9.17, 15) is 22.0 Å². The number of nitrogens with zero attached hydrogens (tertiary/aromatic N) is 1. The number of halogens is 2. The molecule has 0 aliphatic carbocycles. The molecule has 0 saturated heterocycles. The van der Waals surface area contributed by atoms with Crippen LogP contribution in [-0.2, 0) is 21.4 Å². The van der Waals surface area contributed by atoms with Crippen LogP contribution in [0.5, 0.6) is 5.75 Å². The van der Waals surface area contributed by atoms with E-state index in [0.717, 1.165) is 24.0 Å². The summed E-state index contributed by atoms with van der Waals surface area (Å²) in [6.07, 6.45) is 0.842. The van der Waals surface area contributed by atoms with Gasteiger partial charge in [0.15, 0.2) is 0 Å². The number of ether oxygens (including phenoxy) is 1. The number of benzene rings is 2. The Bertz CT molecular complexity index is 949. The molecular formula is C19H22F2N2O4S. The lowest BCUT2D eigenvalue weighted by molar-refractivity contribution is -0.119. The lowest BCUT2D eigenvalue weighted by Crippen LogP contribution is -2.40. The van der Waals surface area contributed by atoms with Crippen molar-refractivity contribution >= 4 is 21.6 Å². The Hall–Kier alpha value is -2.68. The van der Waals surface area contributed by atoms with Crippen LogP contribution in [0.25, 0.3) is 0 Å². The van der Waals surface area contributed by atoms with Gasteiger partial charge in [0.1, 0.15) is 23.9 Å². The fourth-order valence-corrected chi connectivity index (χ4v) is 3.31. The average molecular weight is 412 g/mol. The van der Waals surface area contributed by atoms with Crippen LogP contribution in [0.2, 0.25) is 0 Å². The molecule has 0 atom stereocenters. The van der Waals surface area contributed by atoms with Gasteiger partial charge in [-0.1, -0.05) is 12.1 Å². The summed E-state index contributed by atoms with van der Waals surface area (Å²) >= 11 is 0. The third-order valence-corrected chi connectivity index (χ3v) is 4.75. The summed E-state index contributed by atoms with van der Waals surface area (Å²) in [4.78, 5) is 12.2. The highest BCUT2D eigenvalue weighted by Gasteiger charge is 2.24. The third-order valence-electron chi connectivity index (χ3n) is 3.63. The van der Waals surface area contributed by atoms with E-state index in [1.165, 1.54) is 0 Å². The van der Waals surface area contributed by atoms with Crippen LogP contribution in [0.1, 0.15) is 19.4 Å². The summed E-state index contributed by atoms with van der Waals surface area (Å²) in [5, 5.41) is 2.59. The number of carbonyl (C=O) groups excluding carboxylic acids is 1. The average Bonchev–Trinajstić information content (AvgIpc) is 2.57. The monoisotopic (exact) mass is 412 g/mol. The van der Waals surface area contributed by atoms with E-state index in [2.05, 4.69) is 5.32 Å². The molecule has 2 aromatic rings. The second kappa shape index (κ2) is 9.01. The van der Waals surface area contributed by atoms with Gasteiger partial charge in [0, 0.05) is 12.6 Å². The van der Waals surface area contributed by atoms with Crippen molar-refractivity contribution in [2.24, 2.45) is 0 Å². The van der Waals surface area contributed by atoms with E-state index in [4.69, 9.17) is 4.74 Å². The molecule has 2 rings (SSSR count). The normalized spacial score (nSPS) is 11.4. The maximum atomic E-state index is 14.0. The molecule has 0 saturated carbocycles. The highest BCUT2D eigenvalue weighted by Crippen LogP contribution is 2.22. The maximum Gasteiger partial charge on any atom is 0.241 e. The standard InChI is InChI=1S/C19H22F2N2O4S/c1-13(2)27-16-6-4-5-14(9-16)11-22-19(24)12-23(28(3,25)26)18-8-7-15(20)10-17(18)21/h4-10,13H,11-12H2,1-3H3,(H,22,24). The topological polar surface area (TPSA) is 75.7 Å². The zero-order valence-electron chi connectivity index (χ0n) is 15.8. The van der Waals surface area contributed by atoms with E-state index in [1.807, 2.05) is 13.8 Å². The van der Waals surface area contributed by atoms with Gasteiger partial charge >= 0.3 is 0 Å². The van der Waals surface area contributed by atoms with E-state index in [1.54, 1.807) is 24.3 Å². The van der Waals surface area contributed by atoms with Crippen LogP contribution in [0.3, 0.4) is 0 Å². The van der Waals surface area contributed by atoms with E-state index >= 15 is 0 Å². The summed E-state index contributed by atoms with van der Waals surface area (Å²) in [6.45, 7) is 3.28. The quantitative estimate of drug-likeness (QED) is 0.724. The highest BCUT2D eigenvalue weighted by molar-refractivity contribution is 7.92. The van der Waals surface area contributed by atoms with Gasteiger partial charge in [-0.15, -0.1) is 0 Å². The number of hydrogen-bond donors (Lipinski definition) is 1. The molecule has 0 aliphatic rings. The Morgan fingerprint density at radius 2 is 1.89 bits per heavy atom. The minimum atomic E-state index is -3.96. The maximum absolute atomic E-state index is 14.0. The first-order chi connectivity index (χ1) is 13.1. The van der Waals surface area contributed by atoms with E-state index < -0.39 is 39.8 Å². The summed E-state index contributed by atoms with van der Waals surface area (Å²) in [7, 11) is -3.96. The third kappa shape index (κ3) is 6.19. The number of carbonyl (C=O) groups is 1. The molecule has 28 heavy (non-hydrogen) atoms. The van der Waals surface area contributed by atoms with Gasteiger partial charge in [-0.2, -0.15) is 0 Å². The molecule has 9 heteroatoms. The van der Waals surface area contributed by atoms with Crippen molar-refractivity contribution in [3.05, 3.63) is 59.7 Å². The molecule has 0 heterocycles. The largest absolute Gasteiger partial charge is 0.491 e. The lowest BCUT2D eigenvalue weighted by Gasteiger charge is -2.22. The van der Waals surface area contributed by atoms with Crippen molar-refractivity contribution in [1.29, 1.82) is 0 Å². The van der Waals surface area contributed by atoms with Gasteiger partial charge < -0.3 is 10.1 Å². The Labute approximate surface area is 163 Å². The molecule has 0 aromatic heterocycles. The van der Waals surface area contributed by atoms with Crippen LogP contribution in [0.15, 0.2) is 42.5 Å². The number of nitrogens with one attached hydrogen (secondary N) is 1. The zero-order valence-corrected chi connectivity index (χ0v) is 16.6. The van der Waals surface area contributed by atoms with Crippen LogP contribution in [0, 0.1) is 11.6 Å². The van der Waals surface area contributed by atoms with Gasteiger partial charge in [-0.25, -0.2) is 17.2 Å². The molecule has 1 N–H and O–H groups in total. The fourth-order valence-electron chi connectivity index (χ4n) is 2.45. The van der Waals surface area contributed by atoms with E-state index in [-0.39, 0.29) is 12.6 Å². The van der Waals surface area contributed by atoms with Crippen molar-refractivity contribution in [1.82, 2.24) is 5.32 Å². The van der Waals surface area contributed by atoms with Crippen molar-refractivity contribution in [2.75, 3.05) is 17.1 Å². The van der Waals surface area contributed by atoms with Gasteiger partial charge in [0.25, 0.3) is 0 Å². The lowest BCUT2D eigenvalue weighted by atomic mass is 10.2. The predicted octanol–water partition coefficient (Wildman–Crippen LogP) is 2.83. The predicted molar refractivity (Wildman–Crippen MR) is 103 cm³/mol. The van der Waals surface area contributed by atoms with Crippen LogP contribution in [-0.4, -0.2) is 33.2 Å². The van der Waals surface area contributed by atoms with Crippen LogP contribution in [0.4, 0.5) is 14.5 Å². The second-order valence-corrected chi connectivity index (χ2v) is 8.36. The van der Waals surface area contributed by atoms with Crippen molar-refractivity contribution in [3.63, 3.8) is 0 Å². The smallest absolute Gasteiger partial charge is 0.241 e. The second-order valence-electron chi connectivity index (χ2n) is 6.46. The van der Waals surface area contributed by atoms with Crippen molar-refractivity contribution < 1.29 is 26.7 Å². The Balaban J connectivity index is 2.09. The van der Waals surface area contributed by atoms with Gasteiger partial charge in [-0.3, -0.25) is 9.10 Å². The minimum absolute atomic E-state index is 0.00114. The first-order valence-electron chi connectivity index (χ1n) is 8.51. The minimum Gasteiger partial charge on any atom is -0.491 e. The van der Waals surface area contributed by atoms with Gasteiger partial charge in [0.2, 0.25) is 15.9 Å². The molecule has 0 radical (unpaired) electrons. The van der Waals surface area contributed by atoms with E-state index in [0.29, 0.717) is 16.1 Å². The molecule has 2 aromatic carbocycles. The van der Waals surface area contributed by atoms with Gasteiger partial charge in [-0.05, 0) is 43.7 Å². The van der Waals surface area contributed by atoms with Gasteiger partial charge in [0.05, 0.1) is 18.0 Å². The first kappa shape index (κ1) is 21.6. The Morgan fingerprint density at radius 3 is 2.50 bits per heavy atom. The Morgan fingerprint density at radius 1 is 1.18 bits per heavy atom. The number of anilines is 1. The van der Waals surface area contributed by atoms with Crippen molar-refractivity contribution in [3.8, 4) is 5.75 Å². The SMILES string of the molecule is CC(C)Oc1cccc(CNC(=O)CN(c2ccc(F)cc2F)S(C)(=O)=O)c1. The molecule has 0 fully saturated rings. The highest BCUT2D eigenvalue weighted by atomic mass is 32.2. The summed E-state index contributed by atoms with van der Waals surface area (Å²) in [6, 6.07) is 9.56. The molecule has 152 valence electrons. The molecule has 0 aliphatic heterocycles. The molecular weight excluding hydrogens is 390 g/mol. The van der Waals surface area contributed by atoms with Crippen LogP contribution >= 0.6 is 0 Å². The number of sulfonamides is 1. The van der Waals surface area contributed by atoms with Crippen molar-refractivity contribution in [2.45, 2.75) is 26.5 Å². The molecule has 6 nitrogen and oxygen atoms in total. The molecule has 1 amide bonds. The summed E-state index contributed by atoms with van der Waals surface area (Å²) in [5.41, 5.74) is 0.358. The Kier molecular flexibility index (Phi) is 6.95. The van der Waals surface area contributed by atoms with Crippen LogP contribution < -0.4 is 14.4 Å².